The average molecular weight is 421 g/mol. The second-order valence-corrected chi connectivity index (χ2v) is 8.42. The number of benzene rings is 2. The van der Waals surface area contributed by atoms with E-state index in [2.05, 4.69) is 16.4 Å². The first-order chi connectivity index (χ1) is 14.3. The number of para-hydroxylation sites is 1. The molecule has 152 valence electrons. The van der Waals surface area contributed by atoms with Crippen LogP contribution >= 0.6 is 11.3 Å². The van der Waals surface area contributed by atoms with Crippen molar-refractivity contribution in [2.75, 3.05) is 5.32 Å². The van der Waals surface area contributed by atoms with E-state index in [0.29, 0.717) is 10.2 Å². The van der Waals surface area contributed by atoms with E-state index in [9.17, 15) is 14.0 Å². The lowest BCUT2D eigenvalue weighted by Gasteiger charge is -2.09. The number of aromatic nitrogens is 2. The van der Waals surface area contributed by atoms with Crippen LogP contribution in [0.15, 0.2) is 53.6 Å². The maximum atomic E-state index is 13.8. The van der Waals surface area contributed by atoms with Gasteiger partial charge in [-0.2, -0.15) is 0 Å². The van der Waals surface area contributed by atoms with Crippen LogP contribution in [0.5, 0.6) is 0 Å². The van der Waals surface area contributed by atoms with Crippen LogP contribution in [-0.2, 0) is 11.3 Å². The van der Waals surface area contributed by atoms with Gasteiger partial charge in [0.15, 0.2) is 0 Å². The number of anilines is 1. The molecule has 2 aromatic carbocycles. The van der Waals surface area contributed by atoms with Crippen LogP contribution < -0.4 is 10.9 Å². The largest absolute Gasteiger partial charge is 0.322 e. The van der Waals surface area contributed by atoms with E-state index < -0.39 is 11.7 Å². The van der Waals surface area contributed by atoms with Crippen LogP contribution in [0.4, 0.5) is 10.1 Å². The molecule has 1 N–H and O–H groups in total. The summed E-state index contributed by atoms with van der Waals surface area (Å²) >= 11 is 1.46. The molecule has 0 spiro atoms. The van der Waals surface area contributed by atoms with Crippen molar-refractivity contribution in [3.63, 3.8) is 0 Å². The number of nitrogens with zero attached hydrogens (tertiary/aromatic N) is 2. The molecule has 2 heterocycles. The topological polar surface area (TPSA) is 64.0 Å². The molecule has 0 atom stereocenters. The van der Waals surface area contributed by atoms with Crippen LogP contribution in [-0.4, -0.2) is 15.5 Å². The number of halogens is 1. The van der Waals surface area contributed by atoms with Crippen molar-refractivity contribution in [3.05, 3.63) is 81.0 Å². The van der Waals surface area contributed by atoms with Crippen molar-refractivity contribution in [1.82, 2.24) is 9.55 Å². The highest BCUT2D eigenvalue weighted by Crippen LogP contribution is 2.36. The minimum atomic E-state index is -0.530. The lowest BCUT2D eigenvalue weighted by atomic mass is 9.99. The number of carbonyl (C=O) groups excluding carboxylic acids is 1. The Morgan fingerprint density at radius 2 is 1.90 bits per heavy atom. The van der Waals surface area contributed by atoms with Crippen LogP contribution in [0.3, 0.4) is 0 Å². The standard InChI is InChI=1S/C23H20FN3O2S/c1-13-8-9-16(10-14(13)2)20-15(3)30-22-21(20)23(29)27(12-25-22)11-19(28)26-18-7-5-4-6-17(18)24/h4-10,12H,11H2,1-3H3,(H,26,28). The van der Waals surface area contributed by atoms with Gasteiger partial charge in [0.25, 0.3) is 5.56 Å². The van der Waals surface area contributed by atoms with Gasteiger partial charge >= 0.3 is 0 Å². The first kappa shape index (κ1) is 20.0. The van der Waals surface area contributed by atoms with Gasteiger partial charge in [0.2, 0.25) is 5.91 Å². The summed E-state index contributed by atoms with van der Waals surface area (Å²) in [4.78, 5) is 31.6. The third-order valence-electron chi connectivity index (χ3n) is 5.11. The summed E-state index contributed by atoms with van der Waals surface area (Å²) in [6.45, 7) is 5.79. The molecular formula is C23H20FN3O2S. The predicted octanol–water partition coefficient (Wildman–Crippen LogP) is 4.83. The lowest BCUT2D eigenvalue weighted by molar-refractivity contribution is -0.116. The van der Waals surface area contributed by atoms with E-state index in [1.807, 2.05) is 32.9 Å². The molecule has 4 aromatic rings. The molecule has 1 amide bonds. The highest BCUT2D eigenvalue weighted by molar-refractivity contribution is 7.19. The fraction of sp³-hybridized carbons (Fsp3) is 0.174. The minimum Gasteiger partial charge on any atom is -0.322 e. The molecule has 0 aliphatic carbocycles. The number of hydrogen-bond donors (Lipinski definition) is 1. The molecule has 0 aliphatic rings. The van der Waals surface area contributed by atoms with Crippen molar-refractivity contribution < 1.29 is 9.18 Å². The summed E-state index contributed by atoms with van der Waals surface area (Å²) in [5.41, 5.74) is 3.90. The van der Waals surface area contributed by atoms with E-state index in [1.54, 1.807) is 12.1 Å². The van der Waals surface area contributed by atoms with Gasteiger partial charge in [0.1, 0.15) is 17.2 Å². The number of rotatable bonds is 4. The minimum absolute atomic E-state index is 0.0757. The SMILES string of the molecule is Cc1ccc(-c2c(C)sc3ncn(CC(=O)Nc4ccccc4F)c(=O)c23)cc1C. The highest BCUT2D eigenvalue weighted by Gasteiger charge is 2.18. The fourth-order valence-electron chi connectivity index (χ4n) is 3.40. The second-order valence-electron chi connectivity index (χ2n) is 7.22. The average Bonchev–Trinajstić information content (AvgIpc) is 3.05. The van der Waals surface area contributed by atoms with E-state index in [4.69, 9.17) is 0 Å². The number of amides is 1. The van der Waals surface area contributed by atoms with Gasteiger partial charge in [0.05, 0.1) is 17.4 Å². The molecule has 5 nitrogen and oxygen atoms in total. The van der Waals surface area contributed by atoms with Crippen molar-refractivity contribution in [2.24, 2.45) is 0 Å². The van der Waals surface area contributed by atoms with Gasteiger partial charge in [-0.1, -0.05) is 30.3 Å². The predicted molar refractivity (Wildman–Crippen MR) is 119 cm³/mol. The van der Waals surface area contributed by atoms with Crippen LogP contribution in [0.25, 0.3) is 21.3 Å². The highest BCUT2D eigenvalue weighted by atomic mass is 32.1. The Balaban J connectivity index is 1.73. The number of carbonyl (C=O) groups is 1. The van der Waals surface area contributed by atoms with E-state index >= 15 is 0 Å². The number of hydrogen-bond acceptors (Lipinski definition) is 4. The first-order valence-corrected chi connectivity index (χ1v) is 10.3. The van der Waals surface area contributed by atoms with Gasteiger partial charge in [-0.15, -0.1) is 11.3 Å². The molecule has 30 heavy (non-hydrogen) atoms. The molecule has 0 saturated carbocycles. The number of thiophene rings is 1. The molecule has 2 aromatic heterocycles. The zero-order valence-corrected chi connectivity index (χ0v) is 17.6. The quantitative estimate of drug-likeness (QED) is 0.513. The monoisotopic (exact) mass is 421 g/mol. The zero-order valence-electron chi connectivity index (χ0n) is 16.8. The molecule has 4 rings (SSSR count). The van der Waals surface area contributed by atoms with E-state index in [-0.39, 0.29) is 17.8 Å². The maximum Gasteiger partial charge on any atom is 0.263 e. The molecule has 7 heteroatoms. The maximum absolute atomic E-state index is 13.8. The third kappa shape index (κ3) is 3.64. The van der Waals surface area contributed by atoms with Crippen LogP contribution in [0, 0.1) is 26.6 Å². The normalized spacial score (nSPS) is 11.1. The smallest absolute Gasteiger partial charge is 0.263 e. The van der Waals surface area contributed by atoms with Crippen LogP contribution in [0.1, 0.15) is 16.0 Å². The summed E-state index contributed by atoms with van der Waals surface area (Å²) in [7, 11) is 0. The summed E-state index contributed by atoms with van der Waals surface area (Å²) in [5, 5.41) is 3.00. The summed E-state index contributed by atoms with van der Waals surface area (Å²) in [5.74, 6) is -1.03. The van der Waals surface area contributed by atoms with E-state index in [0.717, 1.165) is 21.6 Å². The molecule has 0 bridgehead atoms. The van der Waals surface area contributed by atoms with Gasteiger partial charge in [-0.05, 0) is 49.6 Å². The van der Waals surface area contributed by atoms with Gasteiger partial charge < -0.3 is 5.32 Å². The Morgan fingerprint density at radius 3 is 2.63 bits per heavy atom. The second kappa shape index (κ2) is 7.84. The van der Waals surface area contributed by atoms with Gasteiger partial charge in [-0.25, -0.2) is 9.37 Å². The lowest BCUT2D eigenvalue weighted by Crippen LogP contribution is -2.28. The third-order valence-corrected chi connectivity index (χ3v) is 6.13. The first-order valence-electron chi connectivity index (χ1n) is 9.45. The molecule has 0 fully saturated rings. The van der Waals surface area contributed by atoms with Crippen molar-refractivity contribution in [3.8, 4) is 11.1 Å². The molecule has 0 radical (unpaired) electrons. The van der Waals surface area contributed by atoms with Crippen molar-refractivity contribution in [2.45, 2.75) is 27.3 Å². The Bertz CT molecular complexity index is 1340. The van der Waals surface area contributed by atoms with Gasteiger partial charge in [0, 0.05) is 10.4 Å². The zero-order chi connectivity index (χ0) is 21.4. The Labute approximate surface area is 176 Å². The Hall–Kier alpha value is -3.32. The summed E-state index contributed by atoms with van der Waals surface area (Å²) in [6, 6.07) is 12.0. The van der Waals surface area contributed by atoms with Crippen LogP contribution in [0.2, 0.25) is 0 Å². The van der Waals surface area contributed by atoms with Gasteiger partial charge in [-0.3, -0.25) is 14.2 Å². The fourth-order valence-corrected chi connectivity index (χ4v) is 4.40. The summed E-state index contributed by atoms with van der Waals surface area (Å²) in [6.07, 6.45) is 1.37. The van der Waals surface area contributed by atoms with Crippen molar-refractivity contribution >= 4 is 33.1 Å². The number of nitrogens with one attached hydrogen (secondary N) is 1. The Kier molecular flexibility index (Phi) is 5.22. The van der Waals surface area contributed by atoms with E-state index in [1.165, 1.54) is 39.9 Å². The summed E-state index contributed by atoms with van der Waals surface area (Å²) < 4.78 is 15.0. The molecular weight excluding hydrogens is 401 g/mol. The number of fused-ring (bicyclic) bond motifs is 1. The molecule has 0 saturated heterocycles. The Morgan fingerprint density at radius 1 is 1.13 bits per heavy atom. The van der Waals surface area contributed by atoms with Crippen molar-refractivity contribution in [1.29, 1.82) is 0 Å². The molecule has 0 aliphatic heterocycles. The number of aryl methyl sites for hydroxylation is 3. The molecule has 0 unspecified atom stereocenters.